The molecule has 1 fully saturated rings. The number of aliphatic hydroxyl groups is 1. The van der Waals surface area contributed by atoms with Crippen LogP contribution in [0.15, 0.2) is 0 Å². The van der Waals surface area contributed by atoms with Crippen molar-refractivity contribution in [3.63, 3.8) is 0 Å². The van der Waals surface area contributed by atoms with E-state index in [1.807, 2.05) is 21.6 Å². The largest absolute Gasteiger partial charge is 0.463 e. The van der Waals surface area contributed by atoms with Crippen LogP contribution in [0.4, 0.5) is 0 Å². The van der Waals surface area contributed by atoms with Gasteiger partial charge in [-0.05, 0) is 19.3 Å². The first-order chi connectivity index (χ1) is 38.8. The van der Waals surface area contributed by atoms with Crippen molar-refractivity contribution in [1.82, 2.24) is 0 Å². The SMILES string of the molecule is O=C(CCCCC1CCSS1)OCCOCCOCCOCCOCCOCCOCCOCCOCCOCCOCCOCCOCCOCCOCCOCCOCCOCCOCCOCCOCCOCCO. The Morgan fingerprint density at radius 1 is 0.295 bits per heavy atom. The number of carbonyl (C=O) groups is 1. The summed E-state index contributed by atoms with van der Waals surface area (Å²) in [6, 6.07) is 0. The third-order valence-electron chi connectivity index (χ3n) is 10.1. The van der Waals surface area contributed by atoms with Gasteiger partial charge >= 0.3 is 5.97 Å². The van der Waals surface area contributed by atoms with Crippen LogP contribution in [-0.4, -0.2) is 313 Å². The fourth-order valence-corrected chi connectivity index (χ4v) is 9.08. The van der Waals surface area contributed by atoms with Gasteiger partial charge in [0.1, 0.15) is 6.61 Å². The van der Waals surface area contributed by atoms with Gasteiger partial charge in [-0.1, -0.05) is 28.0 Å². The number of ether oxygens (including phenoxy) is 22. The Kier molecular flexibility index (Phi) is 66.4. The molecule has 0 bridgehead atoms. The first kappa shape index (κ1) is 75.3. The van der Waals surface area contributed by atoms with E-state index >= 15 is 0 Å². The summed E-state index contributed by atoms with van der Waals surface area (Å²) in [6.45, 7) is 20.4. The lowest BCUT2D eigenvalue weighted by molar-refractivity contribution is -0.145. The second kappa shape index (κ2) is 68.8. The first-order valence-corrected chi connectivity index (χ1v) is 30.4. The van der Waals surface area contributed by atoms with Crippen molar-refractivity contribution in [3.8, 4) is 0 Å². The fraction of sp³-hybridized carbons (Fsp3) is 0.981. The van der Waals surface area contributed by atoms with Crippen LogP contribution in [0.5, 0.6) is 0 Å². The van der Waals surface area contributed by atoms with E-state index in [1.54, 1.807) is 0 Å². The molecule has 1 aliphatic rings. The standard InChI is InChI=1S/C52H102O24S2/c53-6-7-55-8-9-56-10-11-57-12-13-58-14-15-59-16-17-60-18-19-61-20-21-62-22-23-63-24-25-64-26-27-65-28-29-66-30-31-67-32-33-68-34-35-69-36-37-70-38-39-71-40-41-72-42-43-73-44-45-74-46-47-75-48-49-76-52(54)4-2-1-3-51-5-50-77-78-51/h51,53H,1-50H2. The summed E-state index contributed by atoms with van der Waals surface area (Å²) in [5.41, 5.74) is 0. The lowest BCUT2D eigenvalue weighted by Gasteiger charge is -2.09. The van der Waals surface area contributed by atoms with Crippen LogP contribution >= 0.6 is 21.6 Å². The normalized spacial score (nSPS) is 13.6. The zero-order chi connectivity index (χ0) is 55.5. The van der Waals surface area contributed by atoms with E-state index in [0.717, 1.165) is 18.1 Å². The van der Waals surface area contributed by atoms with E-state index < -0.39 is 0 Å². The molecule has 1 saturated heterocycles. The van der Waals surface area contributed by atoms with Gasteiger partial charge in [0.05, 0.1) is 284 Å². The van der Waals surface area contributed by atoms with Crippen LogP contribution in [0.25, 0.3) is 0 Å². The summed E-state index contributed by atoms with van der Waals surface area (Å²) >= 11 is 0. The number of esters is 1. The summed E-state index contributed by atoms with van der Waals surface area (Å²) in [5.74, 6) is 1.10. The van der Waals surface area contributed by atoms with Gasteiger partial charge in [-0.3, -0.25) is 4.79 Å². The second-order valence-corrected chi connectivity index (χ2v) is 19.2. The van der Waals surface area contributed by atoms with Crippen molar-refractivity contribution < 1.29 is 114 Å². The van der Waals surface area contributed by atoms with E-state index in [1.165, 1.54) is 18.6 Å². The molecule has 1 N–H and O–H groups in total. The minimum Gasteiger partial charge on any atom is -0.463 e. The number of hydrogen-bond acceptors (Lipinski definition) is 26. The van der Waals surface area contributed by atoms with Crippen molar-refractivity contribution in [2.75, 3.05) is 296 Å². The van der Waals surface area contributed by atoms with Crippen molar-refractivity contribution in [1.29, 1.82) is 0 Å². The van der Waals surface area contributed by atoms with Gasteiger partial charge in [0, 0.05) is 17.4 Å². The predicted octanol–water partition coefficient (Wildman–Crippen LogP) is 2.58. The Hall–Kier alpha value is -0.710. The summed E-state index contributed by atoms with van der Waals surface area (Å²) in [6.07, 6.45) is 4.93. The van der Waals surface area contributed by atoms with Crippen LogP contribution in [0.3, 0.4) is 0 Å². The lowest BCUT2D eigenvalue weighted by Crippen LogP contribution is -2.16. The van der Waals surface area contributed by atoms with Crippen molar-refractivity contribution in [2.24, 2.45) is 0 Å². The quantitative estimate of drug-likeness (QED) is 0.0523. The molecule has 0 aromatic rings. The maximum absolute atomic E-state index is 11.8. The van der Waals surface area contributed by atoms with E-state index in [-0.39, 0.29) is 19.2 Å². The first-order valence-electron chi connectivity index (χ1n) is 28.0. The summed E-state index contributed by atoms with van der Waals surface area (Å²) in [4.78, 5) is 11.8. The minimum atomic E-state index is -0.147. The number of unbranched alkanes of at least 4 members (excludes halogenated alkanes) is 1. The highest BCUT2D eigenvalue weighted by Gasteiger charge is 2.16. The predicted molar refractivity (Wildman–Crippen MR) is 292 cm³/mol. The highest BCUT2D eigenvalue weighted by Crippen LogP contribution is 2.39. The molecular formula is C52H102O24S2. The molecule has 0 amide bonds. The van der Waals surface area contributed by atoms with Crippen LogP contribution < -0.4 is 0 Å². The number of rotatable bonds is 70. The Balaban J connectivity index is 1.59. The molecule has 1 unspecified atom stereocenters. The van der Waals surface area contributed by atoms with E-state index in [2.05, 4.69) is 0 Å². The van der Waals surface area contributed by atoms with Gasteiger partial charge in [0.25, 0.3) is 0 Å². The molecule has 0 saturated carbocycles. The summed E-state index contributed by atoms with van der Waals surface area (Å²) < 4.78 is 120. The van der Waals surface area contributed by atoms with Crippen molar-refractivity contribution >= 4 is 27.6 Å². The van der Waals surface area contributed by atoms with Crippen molar-refractivity contribution in [2.45, 2.75) is 37.4 Å². The second-order valence-electron chi connectivity index (χ2n) is 16.4. The molecule has 1 heterocycles. The monoisotopic (exact) mass is 1170 g/mol. The average Bonchev–Trinajstić information content (AvgIpc) is 3.98. The summed E-state index contributed by atoms with van der Waals surface area (Å²) in [5, 5.41) is 9.37. The fourth-order valence-electron chi connectivity index (χ4n) is 6.06. The molecule has 0 aliphatic carbocycles. The molecule has 26 heteroatoms. The number of hydrogen-bond donors (Lipinski definition) is 1. The maximum Gasteiger partial charge on any atom is 0.305 e. The smallest absolute Gasteiger partial charge is 0.305 e. The maximum atomic E-state index is 11.8. The molecule has 1 rings (SSSR count). The summed E-state index contributed by atoms with van der Waals surface area (Å²) in [7, 11) is 3.94. The Morgan fingerprint density at radius 3 is 0.692 bits per heavy atom. The minimum absolute atomic E-state index is 0.0180. The molecule has 0 aromatic heterocycles. The van der Waals surface area contributed by atoms with Crippen LogP contribution in [-0.2, 0) is 109 Å². The third-order valence-corrected chi connectivity index (χ3v) is 13.1. The molecular weight excluding hydrogens is 1070 g/mol. The van der Waals surface area contributed by atoms with Gasteiger partial charge in [-0.2, -0.15) is 0 Å². The molecule has 1 atom stereocenters. The number of aliphatic hydroxyl groups excluding tert-OH is 1. The Labute approximate surface area is 473 Å². The van der Waals surface area contributed by atoms with Crippen molar-refractivity contribution in [3.05, 3.63) is 0 Å². The molecule has 24 nitrogen and oxygen atoms in total. The number of carbonyl (C=O) groups excluding carboxylic acids is 1. The Bertz CT molecular complexity index is 1130. The van der Waals surface area contributed by atoms with Crippen LogP contribution in [0.2, 0.25) is 0 Å². The molecule has 78 heavy (non-hydrogen) atoms. The van der Waals surface area contributed by atoms with Crippen LogP contribution in [0.1, 0.15) is 32.1 Å². The van der Waals surface area contributed by atoms with E-state index in [4.69, 9.17) is 109 Å². The van der Waals surface area contributed by atoms with Gasteiger partial charge in [-0.25, -0.2) is 0 Å². The molecule has 0 aromatic carbocycles. The highest BCUT2D eigenvalue weighted by molar-refractivity contribution is 8.77. The zero-order valence-electron chi connectivity index (χ0n) is 47.1. The molecule has 0 spiro atoms. The van der Waals surface area contributed by atoms with E-state index in [0.29, 0.717) is 284 Å². The van der Waals surface area contributed by atoms with Gasteiger partial charge < -0.3 is 109 Å². The van der Waals surface area contributed by atoms with Gasteiger partial charge in [0.2, 0.25) is 0 Å². The molecule has 0 radical (unpaired) electrons. The topological polar surface area (TPSA) is 240 Å². The van der Waals surface area contributed by atoms with E-state index in [9.17, 15) is 4.79 Å². The highest BCUT2D eigenvalue weighted by atomic mass is 33.1. The lowest BCUT2D eigenvalue weighted by atomic mass is 10.1. The molecule has 466 valence electrons. The third kappa shape index (κ3) is 64.5. The van der Waals surface area contributed by atoms with Crippen LogP contribution in [0, 0.1) is 0 Å². The average molecular weight is 1180 g/mol. The Morgan fingerprint density at radius 2 is 0.500 bits per heavy atom. The molecule has 1 aliphatic heterocycles. The van der Waals surface area contributed by atoms with Gasteiger partial charge in [-0.15, -0.1) is 0 Å². The zero-order valence-corrected chi connectivity index (χ0v) is 48.7. The van der Waals surface area contributed by atoms with Gasteiger partial charge in [0.15, 0.2) is 0 Å².